The summed E-state index contributed by atoms with van der Waals surface area (Å²) in [5, 5.41) is 9.98. The second kappa shape index (κ2) is 8.06. The number of carbonyl (C=O) groups is 1. The molecule has 0 spiro atoms. The normalized spacial score (nSPS) is 17.2. The van der Waals surface area contributed by atoms with Gasteiger partial charge in [0.2, 0.25) is 0 Å². The first-order valence-electron chi connectivity index (χ1n) is 9.39. The molecule has 5 nitrogen and oxygen atoms in total. The zero-order chi connectivity index (χ0) is 18.6. The highest BCUT2D eigenvalue weighted by molar-refractivity contribution is 7.13. The zero-order valence-electron chi connectivity index (χ0n) is 15.5. The summed E-state index contributed by atoms with van der Waals surface area (Å²) in [5.74, 6) is 0.545. The predicted octanol–water partition coefficient (Wildman–Crippen LogP) is 3.67. The van der Waals surface area contributed by atoms with Gasteiger partial charge in [0.15, 0.2) is 5.69 Å². The van der Waals surface area contributed by atoms with Crippen LogP contribution < -0.4 is 5.32 Å². The Bertz CT molecular complexity index is 886. The van der Waals surface area contributed by atoms with Crippen molar-refractivity contribution < 1.29 is 4.79 Å². The number of benzene rings is 1. The van der Waals surface area contributed by atoms with E-state index in [9.17, 15) is 4.79 Å². The summed E-state index contributed by atoms with van der Waals surface area (Å²) in [6.07, 6.45) is 2.22. The van der Waals surface area contributed by atoms with Crippen molar-refractivity contribution in [2.45, 2.75) is 12.8 Å². The van der Waals surface area contributed by atoms with E-state index in [0.29, 0.717) is 11.6 Å². The molecule has 27 heavy (non-hydrogen) atoms. The largest absolute Gasteiger partial charge is 0.337 e. The fourth-order valence-electron chi connectivity index (χ4n) is 3.72. The number of aromatic nitrogens is 2. The third kappa shape index (κ3) is 3.82. The second-order valence-corrected chi connectivity index (χ2v) is 7.90. The molecule has 4 rings (SSSR count). The highest BCUT2D eigenvalue weighted by Crippen LogP contribution is 2.29. The van der Waals surface area contributed by atoms with Gasteiger partial charge in [-0.2, -0.15) is 5.10 Å². The van der Waals surface area contributed by atoms with E-state index in [1.807, 2.05) is 64.5 Å². The Morgan fingerprint density at radius 2 is 2.11 bits per heavy atom. The minimum Gasteiger partial charge on any atom is -0.337 e. The van der Waals surface area contributed by atoms with Crippen LogP contribution in [0.4, 0.5) is 0 Å². The predicted molar refractivity (Wildman–Crippen MR) is 109 cm³/mol. The number of amides is 1. The molecule has 1 aliphatic rings. The van der Waals surface area contributed by atoms with Crippen molar-refractivity contribution in [1.29, 1.82) is 0 Å². The van der Waals surface area contributed by atoms with Gasteiger partial charge in [-0.1, -0.05) is 24.3 Å². The molecule has 0 bridgehead atoms. The van der Waals surface area contributed by atoms with Crippen LogP contribution in [0.25, 0.3) is 16.3 Å². The minimum atomic E-state index is 0.0308. The van der Waals surface area contributed by atoms with Gasteiger partial charge < -0.3 is 10.2 Å². The third-order valence-electron chi connectivity index (χ3n) is 5.00. The van der Waals surface area contributed by atoms with E-state index in [1.54, 1.807) is 11.3 Å². The minimum absolute atomic E-state index is 0.0308. The summed E-state index contributed by atoms with van der Waals surface area (Å²) in [5.41, 5.74) is 2.45. The fourth-order valence-corrected chi connectivity index (χ4v) is 4.45. The van der Waals surface area contributed by atoms with Crippen molar-refractivity contribution in [3.63, 3.8) is 0 Å². The van der Waals surface area contributed by atoms with Crippen LogP contribution in [0, 0.1) is 5.92 Å². The number of hydrogen-bond acceptors (Lipinski definition) is 4. The van der Waals surface area contributed by atoms with E-state index in [-0.39, 0.29) is 5.91 Å². The van der Waals surface area contributed by atoms with Crippen molar-refractivity contribution in [3.8, 4) is 16.3 Å². The smallest absolute Gasteiger partial charge is 0.274 e. The van der Waals surface area contributed by atoms with Gasteiger partial charge in [0.1, 0.15) is 0 Å². The van der Waals surface area contributed by atoms with Gasteiger partial charge in [-0.05, 0) is 62.0 Å². The maximum atomic E-state index is 13.1. The van der Waals surface area contributed by atoms with E-state index in [4.69, 9.17) is 5.10 Å². The molecule has 1 atom stereocenters. The average Bonchev–Trinajstić information content (AvgIpc) is 3.38. The van der Waals surface area contributed by atoms with E-state index in [2.05, 4.69) is 11.4 Å². The number of hydrogen-bond donors (Lipinski definition) is 1. The number of nitrogens with one attached hydrogen (secondary N) is 1. The average molecular weight is 381 g/mol. The van der Waals surface area contributed by atoms with Gasteiger partial charge in [-0.3, -0.25) is 4.79 Å². The van der Waals surface area contributed by atoms with E-state index < -0.39 is 0 Å². The van der Waals surface area contributed by atoms with Crippen LogP contribution in [-0.4, -0.2) is 47.3 Å². The molecule has 1 N–H and O–H groups in total. The molecule has 1 saturated heterocycles. The molecule has 0 saturated carbocycles. The first-order valence-corrected chi connectivity index (χ1v) is 10.3. The lowest BCUT2D eigenvalue weighted by atomic mass is 9.98. The summed E-state index contributed by atoms with van der Waals surface area (Å²) in [7, 11) is 1.97. The Hall–Kier alpha value is -2.44. The fraction of sp³-hybridized carbons (Fsp3) is 0.333. The van der Waals surface area contributed by atoms with Crippen molar-refractivity contribution in [2.24, 2.45) is 5.92 Å². The number of thiophene rings is 1. The van der Waals surface area contributed by atoms with E-state index in [1.165, 1.54) is 6.42 Å². The lowest BCUT2D eigenvalue weighted by Gasteiger charge is -2.32. The highest BCUT2D eigenvalue weighted by Gasteiger charge is 2.27. The molecule has 3 aromatic rings. The van der Waals surface area contributed by atoms with Crippen LogP contribution in [0.1, 0.15) is 23.3 Å². The number of nitrogens with zero attached hydrogens (tertiary/aromatic N) is 3. The number of rotatable bonds is 5. The molecular formula is C21H24N4OS. The second-order valence-electron chi connectivity index (χ2n) is 6.96. The molecule has 140 valence electrons. The SMILES string of the molecule is CNCC1CCCN(C(=O)c2cc(-c3cccs3)n(-c3ccccc3)n2)C1. The monoisotopic (exact) mass is 380 g/mol. The van der Waals surface area contributed by atoms with Crippen molar-refractivity contribution in [2.75, 3.05) is 26.7 Å². The Morgan fingerprint density at radius 1 is 1.26 bits per heavy atom. The van der Waals surface area contributed by atoms with Crippen LogP contribution in [-0.2, 0) is 0 Å². The highest BCUT2D eigenvalue weighted by atomic mass is 32.1. The van der Waals surface area contributed by atoms with Gasteiger partial charge in [0.25, 0.3) is 5.91 Å². The molecule has 1 aromatic carbocycles. The Morgan fingerprint density at radius 3 is 2.85 bits per heavy atom. The van der Waals surface area contributed by atoms with Gasteiger partial charge in [-0.15, -0.1) is 11.3 Å². The molecule has 6 heteroatoms. The summed E-state index contributed by atoms with van der Waals surface area (Å²) in [6, 6.07) is 16.0. The van der Waals surface area contributed by atoms with E-state index in [0.717, 1.165) is 42.3 Å². The summed E-state index contributed by atoms with van der Waals surface area (Å²) >= 11 is 1.66. The maximum Gasteiger partial charge on any atom is 0.274 e. The first kappa shape index (κ1) is 17.9. The number of para-hydroxylation sites is 1. The molecule has 1 unspecified atom stereocenters. The van der Waals surface area contributed by atoms with E-state index >= 15 is 0 Å². The summed E-state index contributed by atoms with van der Waals surface area (Å²) < 4.78 is 1.88. The molecule has 1 aliphatic heterocycles. The van der Waals surface area contributed by atoms with Crippen LogP contribution in [0.5, 0.6) is 0 Å². The topological polar surface area (TPSA) is 50.2 Å². The van der Waals surface area contributed by atoms with Gasteiger partial charge in [0.05, 0.1) is 16.3 Å². The maximum absolute atomic E-state index is 13.1. The van der Waals surface area contributed by atoms with Crippen LogP contribution in [0.3, 0.4) is 0 Å². The van der Waals surface area contributed by atoms with Crippen molar-refractivity contribution in [3.05, 3.63) is 59.6 Å². The Labute approximate surface area is 163 Å². The number of carbonyl (C=O) groups excluding carboxylic acids is 1. The lowest BCUT2D eigenvalue weighted by molar-refractivity contribution is 0.0668. The summed E-state index contributed by atoms with van der Waals surface area (Å²) in [6.45, 7) is 2.56. The Kier molecular flexibility index (Phi) is 5.36. The third-order valence-corrected chi connectivity index (χ3v) is 5.89. The van der Waals surface area contributed by atoms with Gasteiger partial charge in [0, 0.05) is 13.1 Å². The molecule has 0 radical (unpaired) electrons. The summed E-state index contributed by atoms with van der Waals surface area (Å²) in [4.78, 5) is 16.2. The first-order chi connectivity index (χ1) is 13.3. The standard InChI is InChI=1S/C21H24N4OS/c1-22-14-16-7-5-11-24(15-16)21(26)18-13-19(20-10-6-12-27-20)25(23-18)17-8-3-2-4-9-17/h2-4,6,8-10,12-13,16,22H,5,7,11,14-15H2,1H3. The number of piperidine rings is 1. The molecule has 0 aliphatic carbocycles. The molecular weight excluding hydrogens is 356 g/mol. The van der Waals surface area contributed by atoms with Crippen LogP contribution in [0.15, 0.2) is 53.9 Å². The van der Waals surface area contributed by atoms with Crippen LogP contribution in [0.2, 0.25) is 0 Å². The Balaban J connectivity index is 1.66. The van der Waals surface area contributed by atoms with Crippen molar-refractivity contribution in [1.82, 2.24) is 20.0 Å². The molecule has 1 fully saturated rings. The molecule has 3 heterocycles. The zero-order valence-corrected chi connectivity index (χ0v) is 16.3. The van der Waals surface area contributed by atoms with Crippen molar-refractivity contribution >= 4 is 17.2 Å². The quantitative estimate of drug-likeness (QED) is 0.735. The lowest BCUT2D eigenvalue weighted by Crippen LogP contribution is -2.42. The van der Waals surface area contributed by atoms with Gasteiger partial charge in [-0.25, -0.2) is 4.68 Å². The van der Waals surface area contributed by atoms with Crippen LogP contribution >= 0.6 is 11.3 Å². The van der Waals surface area contributed by atoms with Gasteiger partial charge >= 0.3 is 0 Å². The number of likely N-dealkylation sites (tertiary alicyclic amines) is 1. The molecule has 2 aromatic heterocycles. The molecule has 1 amide bonds.